The van der Waals surface area contributed by atoms with Crippen LogP contribution in [0.25, 0.3) is 0 Å². The van der Waals surface area contributed by atoms with Crippen LogP contribution in [0.2, 0.25) is 15.1 Å². The van der Waals surface area contributed by atoms with Crippen LogP contribution in [0.1, 0.15) is 16.8 Å². The molecule has 3 aromatic rings. The van der Waals surface area contributed by atoms with E-state index >= 15 is 0 Å². The maximum absolute atomic E-state index is 6.27. The summed E-state index contributed by atoms with van der Waals surface area (Å²) in [4.78, 5) is 9.28. The predicted octanol–water partition coefficient (Wildman–Crippen LogP) is 6.53. The number of aliphatic imine (C=N–C) groups is 1. The Labute approximate surface area is 174 Å². The van der Waals surface area contributed by atoms with Gasteiger partial charge in [0.05, 0.1) is 17.9 Å². The van der Waals surface area contributed by atoms with Crippen molar-refractivity contribution in [2.75, 3.05) is 0 Å². The average molecular weight is 470 g/mol. The minimum absolute atomic E-state index is 0.629. The molecule has 0 spiro atoms. The highest BCUT2D eigenvalue weighted by atomic mass is 79.9. The molecule has 26 heavy (non-hydrogen) atoms. The van der Waals surface area contributed by atoms with Crippen molar-refractivity contribution in [3.63, 3.8) is 0 Å². The second-order valence-electron chi connectivity index (χ2n) is 6.17. The summed E-state index contributed by atoms with van der Waals surface area (Å²) in [7, 11) is 0. The molecule has 0 atom stereocenters. The van der Waals surface area contributed by atoms with E-state index in [0.29, 0.717) is 28.0 Å². The first-order chi connectivity index (χ1) is 12.5. The maximum Gasteiger partial charge on any atom is 0.177 e. The summed E-state index contributed by atoms with van der Waals surface area (Å²) in [5, 5.41) is 1.99. The van der Waals surface area contributed by atoms with Gasteiger partial charge in [0, 0.05) is 39.8 Å². The molecule has 0 bridgehead atoms. The molecule has 0 amide bonds. The van der Waals surface area contributed by atoms with E-state index in [4.69, 9.17) is 39.8 Å². The number of nitrogens with zero attached hydrogens (tertiary/aromatic N) is 3. The van der Waals surface area contributed by atoms with Crippen molar-refractivity contribution < 1.29 is 0 Å². The Morgan fingerprint density at radius 3 is 2.62 bits per heavy atom. The van der Waals surface area contributed by atoms with Gasteiger partial charge in [0.1, 0.15) is 0 Å². The highest BCUT2D eigenvalue weighted by Crippen LogP contribution is 2.30. The zero-order valence-corrected chi connectivity index (χ0v) is 17.4. The largest absolute Gasteiger partial charge is 0.320 e. The normalized spacial score (nSPS) is 13.0. The minimum atomic E-state index is 0.629. The maximum atomic E-state index is 6.27. The molecular weight excluding hydrogens is 456 g/mol. The van der Waals surface area contributed by atoms with Gasteiger partial charge in [-0.15, -0.1) is 0 Å². The van der Waals surface area contributed by atoms with Gasteiger partial charge < -0.3 is 4.57 Å². The van der Waals surface area contributed by atoms with Crippen molar-refractivity contribution in [1.29, 1.82) is 0 Å². The third kappa shape index (κ3) is 3.84. The van der Waals surface area contributed by atoms with Gasteiger partial charge in [-0.3, -0.25) is 4.99 Å². The Morgan fingerprint density at radius 1 is 1.04 bits per heavy atom. The van der Waals surface area contributed by atoms with Gasteiger partial charge in [-0.1, -0.05) is 46.9 Å². The fraction of sp³-hybridized carbons (Fsp3) is 0.158. The van der Waals surface area contributed by atoms with Crippen LogP contribution in [0, 0.1) is 0 Å². The second-order valence-corrected chi connectivity index (χ2v) is 8.16. The molecular formula is C19H13BrCl3N3. The van der Waals surface area contributed by atoms with Gasteiger partial charge in [0.2, 0.25) is 0 Å². The van der Waals surface area contributed by atoms with Gasteiger partial charge in [0.25, 0.3) is 0 Å². The topological polar surface area (TPSA) is 30.2 Å². The molecule has 0 saturated heterocycles. The molecule has 7 heteroatoms. The first-order valence-electron chi connectivity index (χ1n) is 7.98. The van der Waals surface area contributed by atoms with Crippen LogP contribution in [0.3, 0.4) is 0 Å². The van der Waals surface area contributed by atoms with E-state index < -0.39 is 0 Å². The molecule has 0 radical (unpaired) electrons. The summed E-state index contributed by atoms with van der Waals surface area (Å²) < 4.78 is 2.82. The van der Waals surface area contributed by atoms with Crippen LogP contribution < -0.4 is 0 Å². The van der Waals surface area contributed by atoms with Crippen molar-refractivity contribution in [2.45, 2.75) is 19.4 Å². The summed E-state index contributed by atoms with van der Waals surface area (Å²) >= 11 is 21.8. The lowest BCUT2D eigenvalue weighted by Gasteiger charge is -2.03. The summed E-state index contributed by atoms with van der Waals surface area (Å²) in [5.74, 6) is 0. The molecule has 3 nitrogen and oxygen atoms in total. The number of fused-ring (bicyclic) bond motifs is 1. The highest BCUT2D eigenvalue weighted by Gasteiger charge is 2.17. The number of imidazole rings is 1. The molecule has 1 aliphatic heterocycles. The summed E-state index contributed by atoms with van der Waals surface area (Å²) in [6, 6.07) is 11.4. The van der Waals surface area contributed by atoms with Gasteiger partial charge >= 0.3 is 0 Å². The Morgan fingerprint density at radius 2 is 1.81 bits per heavy atom. The summed E-state index contributed by atoms with van der Waals surface area (Å²) in [5.41, 5.74) is 5.16. The van der Waals surface area contributed by atoms with E-state index in [0.717, 1.165) is 33.8 Å². The van der Waals surface area contributed by atoms with Crippen LogP contribution in [0.5, 0.6) is 0 Å². The van der Waals surface area contributed by atoms with E-state index in [1.54, 1.807) is 6.07 Å². The number of rotatable bonds is 4. The van der Waals surface area contributed by atoms with E-state index in [1.807, 2.05) is 41.1 Å². The van der Waals surface area contributed by atoms with E-state index in [1.165, 1.54) is 5.56 Å². The lowest BCUT2D eigenvalue weighted by Crippen LogP contribution is -2.09. The molecule has 1 aliphatic rings. The van der Waals surface area contributed by atoms with Gasteiger partial charge in [-0.25, -0.2) is 4.98 Å². The van der Waals surface area contributed by atoms with Crippen molar-refractivity contribution in [1.82, 2.24) is 9.55 Å². The van der Waals surface area contributed by atoms with Gasteiger partial charge in [-0.05, 0) is 51.3 Å². The molecule has 2 heterocycles. The zero-order valence-electron chi connectivity index (χ0n) is 13.5. The molecule has 4 rings (SSSR count). The Hall–Kier alpha value is -1.33. The smallest absolute Gasteiger partial charge is 0.177 e. The second kappa shape index (κ2) is 7.35. The average Bonchev–Trinajstić information content (AvgIpc) is 3.13. The third-order valence-corrected chi connectivity index (χ3v) is 5.69. The van der Waals surface area contributed by atoms with Crippen molar-refractivity contribution in [3.8, 4) is 0 Å². The Kier molecular flexibility index (Phi) is 5.11. The molecule has 0 saturated carbocycles. The van der Waals surface area contributed by atoms with Crippen molar-refractivity contribution in [3.05, 3.63) is 79.2 Å². The van der Waals surface area contributed by atoms with Crippen LogP contribution in [-0.2, 0) is 19.4 Å². The van der Waals surface area contributed by atoms with E-state index in [9.17, 15) is 0 Å². The highest BCUT2D eigenvalue weighted by molar-refractivity contribution is 9.10. The van der Waals surface area contributed by atoms with E-state index in [2.05, 4.69) is 20.9 Å². The first-order valence-corrected chi connectivity index (χ1v) is 9.91. The Balaban J connectivity index is 1.52. The lowest BCUT2D eigenvalue weighted by atomic mass is 10.1. The third-order valence-electron chi connectivity index (χ3n) is 4.24. The monoisotopic (exact) mass is 467 g/mol. The lowest BCUT2D eigenvalue weighted by molar-refractivity contribution is 0.817. The van der Waals surface area contributed by atoms with Crippen LogP contribution in [0.4, 0.5) is 5.69 Å². The number of halogens is 4. The van der Waals surface area contributed by atoms with Gasteiger partial charge in [0.15, 0.2) is 4.73 Å². The number of aromatic nitrogens is 2. The van der Waals surface area contributed by atoms with Crippen LogP contribution in [0.15, 0.2) is 52.3 Å². The number of benzene rings is 2. The molecule has 0 aliphatic carbocycles. The quantitative estimate of drug-likeness (QED) is 0.428. The van der Waals surface area contributed by atoms with Gasteiger partial charge in [-0.2, -0.15) is 0 Å². The van der Waals surface area contributed by atoms with Crippen molar-refractivity contribution in [2.24, 2.45) is 4.99 Å². The fourth-order valence-corrected chi connectivity index (χ4v) is 4.11. The number of hydrogen-bond acceptors (Lipinski definition) is 2. The molecule has 132 valence electrons. The number of hydrogen-bond donors (Lipinski definition) is 0. The molecule has 0 fully saturated rings. The summed E-state index contributed by atoms with van der Waals surface area (Å²) in [6.45, 7) is 0.675. The van der Waals surface area contributed by atoms with Crippen LogP contribution >= 0.6 is 50.7 Å². The standard InChI is InChI=1S/C19H13BrCl3N3/c20-19-25-16(5-11-1-3-13(21)7-17(11)23)10-26(19)9-15-6-12-2-4-14(22)8-18(12)24-15/h1-4,7-8,10H,5-6,9H2. The molecule has 2 aromatic carbocycles. The zero-order chi connectivity index (χ0) is 18.3. The molecule has 0 unspecified atom stereocenters. The SMILES string of the molecule is Clc1ccc(Cc2cn(CC3=Nc4cc(Cl)ccc4C3)c(Br)n2)c(Cl)c1. The first kappa shape index (κ1) is 18.1. The van der Waals surface area contributed by atoms with Crippen molar-refractivity contribution >= 4 is 62.1 Å². The minimum Gasteiger partial charge on any atom is -0.320 e. The van der Waals surface area contributed by atoms with E-state index in [-0.39, 0.29) is 0 Å². The molecule has 0 N–H and O–H groups in total. The predicted molar refractivity (Wildman–Crippen MR) is 111 cm³/mol. The summed E-state index contributed by atoms with van der Waals surface area (Å²) in [6.07, 6.45) is 3.49. The molecule has 1 aromatic heterocycles. The van der Waals surface area contributed by atoms with Crippen LogP contribution in [-0.4, -0.2) is 15.3 Å². The Bertz CT molecular complexity index is 1030. The fourth-order valence-electron chi connectivity index (χ4n) is 3.01.